The third-order valence-electron chi connectivity index (χ3n) is 5.28. The smallest absolute Gasteiger partial charge is 0.310 e. The van der Waals surface area contributed by atoms with Crippen LogP contribution < -0.4 is 4.90 Å². The number of halogens is 2. The number of benzene rings is 1. The summed E-state index contributed by atoms with van der Waals surface area (Å²) in [5, 5.41) is 9.47. The highest BCUT2D eigenvalue weighted by atomic mass is 35.5. The van der Waals surface area contributed by atoms with Crippen LogP contribution in [-0.4, -0.2) is 34.7 Å². The molecule has 7 heteroatoms. The lowest BCUT2D eigenvalue weighted by Gasteiger charge is -2.32. The molecule has 130 valence electrons. The number of nitrogens with zero attached hydrogens (tertiary/aromatic N) is 1. The number of amides is 1. The Kier molecular flexibility index (Phi) is 3.53. The number of ether oxygens (including phenoxy) is 1. The molecule has 25 heavy (non-hydrogen) atoms. The van der Waals surface area contributed by atoms with Crippen LogP contribution in [0.5, 0.6) is 0 Å². The molecule has 4 rings (SSSR count). The summed E-state index contributed by atoms with van der Waals surface area (Å²) in [5.41, 5.74) is -0.600. The average Bonchev–Trinajstić information content (AvgIpc) is 3.20. The van der Waals surface area contributed by atoms with Gasteiger partial charge in [0.05, 0.1) is 23.1 Å². The first-order valence-corrected chi connectivity index (χ1v) is 8.27. The Balaban J connectivity index is 1.84. The quantitative estimate of drug-likeness (QED) is 0.835. The van der Waals surface area contributed by atoms with Crippen molar-refractivity contribution in [2.24, 2.45) is 11.8 Å². The molecule has 5 nitrogen and oxygen atoms in total. The molecule has 2 bridgehead atoms. The lowest BCUT2D eigenvalue weighted by molar-refractivity contribution is -0.146. The maximum absolute atomic E-state index is 13.5. The number of hydrogen-bond donors (Lipinski definition) is 1. The maximum Gasteiger partial charge on any atom is 0.310 e. The van der Waals surface area contributed by atoms with Crippen LogP contribution in [-0.2, 0) is 14.3 Å². The van der Waals surface area contributed by atoms with Gasteiger partial charge in [-0.1, -0.05) is 29.8 Å². The van der Waals surface area contributed by atoms with Crippen LogP contribution in [0.3, 0.4) is 0 Å². The Morgan fingerprint density at radius 2 is 2.28 bits per heavy atom. The maximum atomic E-state index is 13.5. The van der Waals surface area contributed by atoms with Crippen molar-refractivity contribution < 1.29 is 23.8 Å². The van der Waals surface area contributed by atoms with Crippen molar-refractivity contribution in [1.29, 1.82) is 0 Å². The Hall–Kier alpha value is -2.18. The number of carbonyl (C=O) groups is 2. The average molecular weight is 364 g/mol. The minimum atomic E-state index is -1.06. The van der Waals surface area contributed by atoms with E-state index in [1.807, 2.05) is 0 Å². The van der Waals surface area contributed by atoms with E-state index in [2.05, 4.69) is 6.58 Å². The number of anilines is 1. The normalized spacial score (nSPS) is 35.3. The number of carboxylic acids is 1. The molecule has 1 amide bonds. The van der Waals surface area contributed by atoms with E-state index in [-0.39, 0.29) is 10.9 Å². The Bertz CT molecular complexity index is 825. The lowest BCUT2D eigenvalue weighted by atomic mass is 9.74. The summed E-state index contributed by atoms with van der Waals surface area (Å²) in [6, 6.07) is 3.55. The van der Waals surface area contributed by atoms with Crippen molar-refractivity contribution in [3.63, 3.8) is 0 Å². The van der Waals surface area contributed by atoms with E-state index >= 15 is 0 Å². The van der Waals surface area contributed by atoms with E-state index in [1.54, 1.807) is 18.2 Å². The zero-order valence-electron chi connectivity index (χ0n) is 13.1. The molecule has 3 aliphatic rings. The lowest BCUT2D eigenvalue weighted by Crippen LogP contribution is -2.45. The molecule has 0 unspecified atom stereocenters. The second-order valence-corrected chi connectivity index (χ2v) is 6.89. The third-order valence-corrected chi connectivity index (χ3v) is 5.57. The summed E-state index contributed by atoms with van der Waals surface area (Å²) < 4.78 is 19.5. The molecule has 0 aromatic heterocycles. The van der Waals surface area contributed by atoms with Crippen LogP contribution in [0.15, 0.2) is 43.0 Å². The molecule has 0 radical (unpaired) electrons. The minimum absolute atomic E-state index is 0.104. The second-order valence-electron chi connectivity index (χ2n) is 6.48. The number of carbonyl (C=O) groups excluding carboxylic acids is 1. The molecule has 1 spiro atoms. The zero-order valence-corrected chi connectivity index (χ0v) is 13.8. The Labute approximate surface area is 148 Å². The van der Waals surface area contributed by atoms with Crippen molar-refractivity contribution in [2.45, 2.75) is 24.2 Å². The van der Waals surface area contributed by atoms with Gasteiger partial charge in [0.15, 0.2) is 0 Å². The van der Waals surface area contributed by atoms with Crippen molar-refractivity contribution in [1.82, 2.24) is 0 Å². The summed E-state index contributed by atoms with van der Waals surface area (Å²) in [6.45, 7) is 3.74. The van der Waals surface area contributed by atoms with Gasteiger partial charge in [0.25, 0.3) is 0 Å². The first kappa shape index (κ1) is 16.3. The molecular formula is C18H15ClFNO4. The van der Waals surface area contributed by atoms with Gasteiger partial charge in [0.2, 0.25) is 5.91 Å². The third kappa shape index (κ3) is 2.04. The van der Waals surface area contributed by atoms with Crippen LogP contribution >= 0.6 is 11.6 Å². The van der Waals surface area contributed by atoms with E-state index in [1.165, 1.54) is 23.1 Å². The molecule has 2 fully saturated rings. The van der Waals surface area contributed by atoms with Crippen molar-refractivity contribution in [3.8, 4) is 0 Å². The van der Waals surface area contributed by atoms with Crippen LogP contribution in [0.2, 0.25) is 5.02 Å². The van der Waals surface area contributed by atoms with E-state index in [0.717, 1.165) is 0 Å². The molecule has 1 aromatic carbocycles. The van der Waals surface area contributed by atoms with Gasteiger partial charge in [-0.2, -0.15) is 0 Å². The van der Waals surface area contributed by atoms with E-state index in [4.69, 9.17) is 16.3 Å². The van der Waals surface area contributed by atoms with Gasteiger partial charge in [0.1, 0.15) is 17.3 Å². The summed E-state index contributed by atoms with van der Waals surface area (Å²) >= 11 is 5.87. The highest BCUT2D eigenvalue weighted by molar-refractivity contribution is 6.31. The largest absolute Gasteiger partial charge is 0.481 e. The van der Waals surface area contributed by atoms with Crippen molar-refractivity contribution >= 4 is 29.2 Å². The monoisotopic (exact) mass is 363 g/mol. The van der Waals surface area contributed by atoms with Crippen LogP contribution in [0, 0.1) is 17.7 Å². The van der Waals surface area contributed by atoms with Crippen molar-refractivity contribution in [3.05, 3.63) is 53.8 Å². The number of carboxylic acid groups (broad SMARTS) is 1. The summed E-state index contributed by atoms with van der Waals surface area (Å²) in [6.07, 6.45) is 4.95. The van der Waals surface area contributed by atoms with Crippen molar-refractivity contribution in [2.75, 3.05) is 4.90 Å². The summed E-state index contributed by atoms with van der Waals surface area (Å²) in [7, 11) is 0. The highest BCUT2D eigenvalue weighted by Crippen LogP contribution is 2.56. The molecule has 1 aromatic rings. The zero-order chi connectivity index (χ0) is 17.9. The Morgan fingerprint density at radius 3 is 2.92 bits per heavy atom. The first-order chi connectivity index (χ1) is 11.9. The number of fused-ring (bicyclic) bond motifs is 1. The molecule has 2 saturated heterocycles. The van der Waals surface area contributed by atoms with E-state index in [9.17, 15) is 19.1 Å². The van der Waals surface area contributed by atoms with Gasteiger partial charge in [-0.15, -0.1) is 6.58 Å². The minimum Gasteiger partial charge on any atom is -0.481 e. The number of rotatable bonds is 4. The second kappa shape index (κ2) is 5.41. The molecule has 0 aliphatic carbocycles. The van der Waals surface area contributed by atoms with Gasteiger partial charge in [-0.25, -0.2) is 4.39 Å². The molecule has 5 atom stereocenters. The van der Waals surface area contributed by atoms with Crippen LogP contribution in [0.25, 0.3) is 0 Å². The molecule has 0 saturated carbocycles. The predicted molar refractivity (Wildman–Crippen MR) is 88.9 cm³/mol. The van der Waals surface area contributed by atoms with Crippen LogP contribution in [0.1, 0.15) is 6.42 Å². The van der Waals surface area contributed by atoms with Gasteiger partial charge in [-0.3, -0.25) is 9.59 Å². The van der Waals surface area contributed by atoms with Crippen LogP contribution in [0.4, 0.5) is 10.1 Å². The highest BCUT2D eigenvalue weighted by Gasteiger charge is 2.71. The van der Waals surface area contributed by atoms with Gasteiger partial charge < -0.3 is 14.7 Å². The topological polar surface area (TPSA) is 66.8 Å². The Morgan fingerprint density at radius 1 is 1.52 bits per heavy atom. The molecular weight excluding hydrogens is 349 g/mol. The molecule has 3 aliphatic heterocycles. The summed E-state index contributed by atoms with van der Waals surface area (Å²) in [5.74, 6) is -3.77. The summed E-state index contributed by atoms with van der Waals surface area (Å²) in [4.78, 5) is 26.3. The number of hydrogen-bond acceptors (Lipinski definition) is 3. The standard InChI is InChI=1S/C18H15ClFNO4/c1-2-3-13-18-7-6-12(25-18)14(17(23)24)15(18)16(22)21(13)9-4-5-11(20)10(19)8-9/h2,4-8,12-15H,1,3H2,(H,23,24)/t12-,13-,14-,15-,18-/m1/s1. The fraction of sp³-hybridized carbons (Fsp3) is 0.333. The number of aliphatic carboxylic acids is 1. The van der Waals surface area contributed by atoms with Gasteiger partial charge in [-0.05, 0) is 24.6 Å². The predicted octanol–water partition coefficient (Wildman–Crippen LogP) is 2.79. The molecule has 1 N–H and O–H groups in total. The van der Waals surface area contributed by atoms with Gasteiger partial charge in [0, 0.05) is 5.69 Å². The molecule has 3 heterocycles. The fourth-order valence-corrected chi connectivity index (χ4v) is 4.50. The van der Waals surface area contributed by atoms with E-state index in [0.29, 0.717) is 12.1 Å². The fourth-order valence-electron chi connectivity index (χ4n) is 4.32. The SMILES string of the molecule is C=CC[C@H]1N(c2ccc(F)c(Cl)c2)C(=O)[C@H]2[C@H](C(=O)O)[C@H]3C=C[C@]21O3. The first-order valence-electron chi connectivity index (χ1n) is 7.89. The van der Waals surface area contributed by atoms with E-state index < -0.39 is 41.4 Å². The van der Waals surface area contributed by atoms with Gasteiger partial charge >= 0.3 is 5.97 Å².